The highest BCUT2D eigenvalue weighted by atomic mass is 32.2. The van der Waals surface area contributed by atoms with Crippen LogP contribution in [0.4, 0.5) is 0 Å². The van der Waals surface area contributed by atoms with Crippen molar-refractivity contribution in [1.29, 1.82) is 0 Å². The number of carbonyl (C=O) groups excluding carboxylic acids is 1. The van der Waals surface area contributed by atoms with Gasteiger partial charge in [0, 0.05) is 18.4 Å². The molecule has 6 heteroatoms. The van der Waals surface area contributed by atoms with Crippen LogP contribution in [0.5, 0.6) is 0 Å². The van der Waals surface area contributed by atoms with Gasteiger partial charge in [-0.05, 0) is 31.2 Å². The summed E-state index contributed by atoms with van der Waals surface area (Å²) >= 11 is 1.63. The minimum atomic E-state index is 0.139. The maximum absolute atomic E-state index is 12.7. The van der Waals surface area contributed by atoms with Crippen molar-refractivity contribution < 1.29 is 4.79 Å². The number of rotatable bonds is 4. The topological polar surface area (TPSA) is 60.1 Å². The molecule has 0 bridgehead atoms. The number of hydrogen-bond acceptors (Lipinski definition) is 5. The molecular formula is C19H20N4OS. The summed E-state index contributed by atoms with van der Waals surface area (Å²) in [6.45, 7) is 4.22. The Kier molecular flexibility index (Phi) is 4.29. The van der Waals surface area contributed by atoms with E-state index >= 15 is 0 Å². The van der Waals surface area contributed by atoms with Crippen molar-refractivity contribution in [3.63, 3.8) is 0 Å². The first-order valence-corrected chi connectivity index (χ1v) is 9.61. The van der Waals surface area contributed by atoms with E-state index in [2.05, 4.69) is 53.2 Å². The lowest BCUT2D eigenvalue weighted by Gasteiger charge is -2.24. The lowest BCUT2D eigenvalue weighted by Crippen LogP contribution is -2.22. The van der Waals surface area contributed by atoms with Crippen LogP contribution < -0.4 is 0 Å². The fourth-order valence-corrected chi connectivity index (χ4v) is 4.02. The van der Waals surface area contributed by atoms with Crippen molar-refractivity contribution >= 4 is 23.3 Å². The second-order valence-corrected chi connectivity index (χ2v) is 7.58. The molecule has 1 unspecified atom stereocenters. The normalized spacial score (nSPS) is 17.0. The van der Waals surface area contributed by atoms with Gasteiger partial charge in [-0.25, -0.2) is 4.98 Å². The molecule has 25 heavy (non-hydrogen) atoms. The number of hydrogen-bond donors (Lipinski definition) is 0. The number of fused-ring (bicyclic) bond motifs is 3. The molecule has 128 valence electrons. The Balaban J connectivity index is 1.75. The van der Waals surface area contributed by atoms with Crippen LogP contribution in [0, 0.1) is 6.92 Å². The van der Waals surface area contributed by atoms with Crippen molar-refractivity contribution in [1.82, 2.24) is 19.6 Å². The van der Waals surface area contributed by atoms with Crippen molar-refractivity contribution in [2.75, 3.05) is 5.75 Å². The molecule has 2 aromatic heterocycles. The Morgan fingerprint density at radius 3 is 3.00 bits per heavy atom. The van der Waals surface area contributed by atoms with Crippen molar-refractivity contribution in [2.45, 2.75) is 44.2 Å². The predicted molar refractivity (Wildman–Crippen MR) is 98.4 cm³/mol. The molecule has 0 fully saturated rings. The first kappa shape index (κ1) is 16.3. The predicted octanol–water partition coefficient (Wildman–Crippen LogP) is 3.85. The summed E-state index contributed by atoms with van der Waals surface area (Å²) in [7, 11) is 0. The van der Waals surface area contributed by atoms with Crippen molar-refractivity contribution in [3.05, 3.63) is 52.8 Å². The quantitative estimate of drug-likeness (QED) is 0.668. The van der Waals surface area contributed by atoms with E-state index < -0.39 is 0 Å². The van der Waals surface area contributed by atoms with Crippen LogP contribution in [0.25, 0.3) is 5.78 Å². The molecule has 0 radical (unpaired) electrons. The summed E-state index contributed by atoms with van der Waals surface area (Å²) < 4.78 is 1.77. The van der Waals surface area contributed by atoms with Gasteiger partial charge >= 0.3 is 0 Å². The maximum Gasteiger partial charge on any atom is 0.253 e. The van der Waals surface area contributed by atoms with E-state index in [1.165, 1.54) is 11.1 Å². The minimum Gasteiger partial charge on any atom is -0.294 e. The largest absolute Gasteiger partial charge is 0.294 e. The van der Waals surface area contributed by atoms with Crippen molar-refractivity contribution in [3.8, 4) is 0 Å². The molecule has 0 amide bonds. The van der Waals surface area contributed by atoms with E-state index in [4.69, 9.17) is 0 Å². The van der Waals surface area contributed by atoms with Crippen LogP contribution in [-0.4, -0.2) is 31.1 Å². The summed E-state index contributed by atoms with van der Waals surface area (Å²) in [5.41, 5.74) is 4.05. The second kappa shape index (κ2) is 6.59. The molecule has 3 aromatic rings. The molecule has 5 nitrogen and oxygen atoms in total. The Labute approximate surface area is 150 Å². The van der Waals surface area contributed by atoms with Crippen LogP contribution >= 0.6 is 11.8 Å². The fourth-order valence-electron chi connectivity index (χ4n) is 3.34. The van der Waals surface area contributed by atoms with Gasteiger partial charge in [0.05, 0.1) is 11.3 Å². The van der Waals surface area contributed by atoms with Gasteiger partial charge < -0.3 is 0 Å². The SMILES string of the molecule is CCCSc1nc2ncc3c(n2n1)CC(c1cccc(C)c1)CC3=O. The van der Waals surface area contributed by atoms with Crippen LogP contribution in [0.15, 0.2) is 35.6 Å². The second-order valence-electron chi connectivity index (χ2n) is 6.52. The summed E-state index contributed by atoms with van der Waals surface area (Å²) in [6, 6.07) is 8.42. The Bertz CT molecular complexity index is 950. The molecule has 0 spiro atoms. The minimum absolute atomic E-state index is 0.139. The number of ketones is 1. The average Bonchev–Trinajstić information content (AvgIpc) is 3.03. The Morgan fingerprint density at radius 1 is 1.32 bits per heavy atom. The zero-order valence-electron chi connectivity index (χ0n) is 14.4. The number of aromatic nitrogens is 4. The van der Waals surface area contributed by atoms with Crippen LogP contribution in [-0.2, 0) is 6.42 Å². The number of carbonyl (C=O) groups is 1. The third-order valence-electron chi connectivity index (χ3n) is 4.57. The van der Waals surface area contributed by atoms with Gasteiger partial charge in [0.2, 0.25) is 5.16 Å². The van der Waals surface area contributed by atoms with Crippen molar-refractivity contribution in [2.24, 2.45) is 0 Å². The molecule has 0 aliphatic heterocycles. The number of Topliss-reactive ketones (excluding diaryl/α,β-unsaturated/α-hetero) is 1. The third kappa shape index (κ3) is 3.06. The Morgan fingerprint density at radius 2 is 2.20 bits per heavy atom. The summed E-state index contributed by atoms with van der Waals surface area (Å²) in [5, 5.41) is 5.33. The lowest BCUT2D eigenvalue weighted by atomic mass is 9.82. The van der Waals surface area contributed by atoms with E-state index in [0.29, 0.717) is 17.8 Å². The van der Waals surface area contributed by atoms with Crippen LogP contribution in [0.1, 0.15) is 52.9 Å². The highest BCUT2D eigenvalue weighted by molar-refractivity contribution is 7.99. The average molecular weight is 352 g/mol. The summed E-state index contributed by atoms with van der Waals surface area (Å²) in [6.07, 6.45) is 4.04. The number of aryl methyl sites for hydroxylation is 1. The molecule has 0 saturated carbocycles. The van der Waals surface area contributed by atoms with Crippen LogP contribution in [0.2, 0.25) is 0 Å². The van der Waals surface area contributed by atoms with E-state index in [-0.39, 0.29) is 11.7 Å². The highest BCUT2D eigenvalue weighted by Gasteiger charge is 2.29. The molecule has 2 heterocycles. The molecule has 0 N–H and O–H groups in total. The van der Waals surface area contributed by atoms with E-state index in [9.17, 15) is 4.79 Å². The van der Waals surface area contributed by atoms with Gasteiger partial charge in [0.15, 0.2) is 5.78 Å². The van der Waals surface area contributed by atoms with Gasteiger partial charge in [-0.2, -0.15) is 9.50 Å². The number of nitrogens with zero attached hydrogens (tertiary/aromatic N) is 4. The van der Waals surface area contributed by atoms with Gasteiger partial charge in [0.25, 0.3) is 5.78 Å². The number of thioether (sulfide) groups is 1. The molecule has 4 rings (SSSR count). The summed E-state index contributed by atoms with van der Waals surface area (Å²) in [5.74, 6) is 1.88. The van der Waals surface area contributed by atoms with Gasteiger partial charge in [-0.3, -0.25) is 4.79 Å². The first-order valence-electron chi connectivity index (χ1n) is 8.63. The summed E-state index contributed by atoms with van der Waals surface area (Å²) in [4.78, 5) is 21.5. The van der Waals surface area contributed by atoms with Crippen LogP contribution in [0.3, 0.4) is 0 Å². The molecule has 0 saturated heterocycles. The molecule has 1 aliphatic rings. The Hall–Kier alpha value is -2.21. The third-order valence-corrected chi connectivity index (χ3v) is 5.61. The van der Waals surface area contributed by atoms with E-state index in [1.54, 1.807) is 22.5 Å². The molecular weight excluding hydrogens is 332 g/mol. The van der Waals surface area contributed by atoms with Gasteiger partial charge in [-0.15, -0.1) is 5.10 Å². The standard InChI is InChI=1S/C19H20N4OS/c1-3-7-25-19-21-18-20-11-15-16(23(18)22-19)9-14(10-17(15)24)13-6-4-5-12(2)8-13/h4-6,8,11,14H,3,7,9-10H2,1-2H3. The van der Waals surface area contributed by atoms with E-state index in [1.807, 2.05) is 0 Å². The zero-order valence-corrected chi connectivity index (χ0v) is 15.2. The fraction of sp³-hybridized carbons (Fsp3) is 0.368. The maximum atomic E-state index is 12.7. The monoisotopic (exact) mass is 352 g/mol. The molecule has 1 aromatic carbocycles. The highest BCUT2D eigenvalue weighted by Crippen LogP contribution is 2.33. The first-order chi connectivity index (χ1) is 12.2. The molecule has 1 atom stereocenters. The smallest absolute Gasteiger partial charge is 0.253 e. The number of benzene rings is 1. The zero-order chi connectivity index (χ0) is 17.4. The molecule has 1 aliphatic carbocycles. The van der Waals surface area contributed by atoms with E-state index in [0.717, 1.165) is 29.4 Å². The van der Waals surface area contributed by atoms with Gasteiger partial charge in [0.1, 0.15) is 0 Å². The lowest BCUT2D eigenvalue weighted by molar-refractivity contribution is 0.0962. The van der Waals surface area contributed by atoms with Gasteiger partial charge in [-0.1, -0.05) is 48.5 Å².